The third kappa shape index (κ3) is 4.25. The van der Waals surface area contributed by atoms with Crippen molar-refractivity contribution in [2.45, 2.75) is 32.7 Å². The SMILES string of the molecule is CC1CCN(CC(=O)Nc2ccccc2C(N)=S)C(C)C1. The van der Waals surface area contributed by atoms with Crippen molar-refractivity contribution in [3.05, 3.63) is 29.8 Å². The van der Waals surface area contributed by atoms with Gasteiger partial charge in [-0.2, -0.15) is 0 Å². The van der Waals surface area contributed by atoms with Crippen molar-refractivity contribution in [1.82, 2.24) is 4.90 Å². The van der Waals surface area contributed by atoms with Crippen molar-refractivity contribution in [3.8, 4) is 0 Å². The van der Waals surface area contributed by atoms with E-state index in [9.17, 15) is 4.79 Å². The summed E-state index contributed by atoms with van der Waals surface area (Å²) in [7, 11) is 0. The van der Waals surface area contributed by atoms with E-state index >= 15 is 0 Å². The van der Waals surface area contributed by atoms with E-state index < -0.39 is 0 Å². The molecule has 2 atom stereocenters. The minimum absolute atomic E-state index is 0.0138. The molecule has 1 amide bonds. The lowest BCUT2D eigenvalue weighted by Gasteiger charge is -2.35. The summed E-state index contributed by atoms with van der Waals surface area (Å²) in [5, 5.41) is 2.92. The van der Waals surface area contributed by atoms with Gasteiger partial charge in [0.15, 0.2) is 0 Å². The fourth-order valence-electron chi connectivity index (χ4n) is 2.87. The molecule has 0 saturated carbocycles. The fraction of sp³-hybridized carbons (Fsp3) is 0.500. The van der Waals surface area contributed by atoms with E-state index in [4.69, 9.17) is 18.0 Å². The number of anilines is 1. The van der Waals surface area contributed by atoms with Crippen LogP contribution in [0.1, 0.15) is 32.3 Å². The van der Waals surface area contributed by atoms with Gasteiger partial charge in [0, 0.05) is 11.6 Å². The normalized spacial score (nSPS) is 22.8. The van der Waals surface area contributed by atoms with E-state index in [1.165, 1.54) is 0 Å². The molecule has 1 aromatic rings. The average Bonchev–Trinajstić information content (AvgIpc) is 2.42. The van der Waals surface area contributed by atoms with Gasteiger partial charge in [-0.15, -0.1) is 0 Å². The van der Waals surface area contributed by atoms with Crippen LogP contribution in [0.5, 0.6) is 0 Å². The number of rotatable bonds is 4. The van der Waals surface area contributed by atoms with Crippen LogP contribution >= 0.6 is 12.2 Å². The van der Waals surface area contributed by atoms with Gasteiger partial charge < -0.3 is 11.1 Å². The number of likely N-dealkylation sites (tertiary alicyclic amines) is 1. The number of piperidine rings is 1. The van der Waals surface area contributed by atoms with Crippen LogP contribution in [0.25, 0.3) is 0 Å². The second-order valence-electron chi connectivity index (χ2n) is 5.91. The lowest BCUT2D eigenvalue weighted by atomic mass is 9.93. The van der Waals surface area contributed by atoms with Crippen LogP contribution in [0.3, 0.4) is 0 Å². The zero-order valence-electron chi connectivity index (χ0n) is 12.6. The highest BCUT2D eigenvalue weighted by molar-refractivity contribution is 7.80. The van der Waals surface area contributed by atoms with Gasteiger partial charge in [0.25, 0.3) is 0 Å². The minimum Gasteiger partial charge on any atom is -0.389 e. The number of benzene rings is 1. The molecule has 3 N–H and O–H groups in total. The molecular weight excluding hydrogens is 282 g/mol. The van der Waals surface area contributed by atoms with Crippen molar-refractivity contribution < 1.29 is 4.79 Å². The Hall–Kier alpha value is -1.46. The predicted molar refractivity (Wildman–Crippen MR) is 90.4 cm³/mol. The third-order valence-corrected chi connectivity index (χ3v) is 4.31. The molecule has 1 aliphatic rings. The molecule has 1 aromatic carbocycles. The van der Waals surface area contributed by atoms with Gasteiger partial charge in [-0.3, -0.25) is 9.69 Å². The maximum Gasteiger partial charge on any atom is 0.238 e. The van der Waals surface area contributed by atoms with Gasteiger partial charge in [-0.25, -0.2) is 0 Å². The van der Waals surface area contributed by atoms with Crippen LogP contribution in [0.4, 0.5) is 5.69 Å². The number of hydrogen-bond donors (Lipinski definition) is 2. The fourth-order valence-corrected chi connectivity index (χ4v) is 3.05. The summed E-state index contributed by atoms with van der Waals surface area (Å²) in [6, 6.07) is 7.82. The first-order valence-corrected chi connectivity index (χ1v) is 7.81. The van der Waals surface area contributed by atoms with Crippen LogP contribution in [0.15, 0.2) is 24.3 Å². The smallest absolute Gasteiger partial charge is 0.238 e. The molecule has 0 aromatic heterocycles. The molecule has 1 saturated heterocycles. The first-order valence-electron chi connectivity index (χ1n) is 7.40. The van der Waals surface area contributed by atoms with Crippen LogP contribution in [0, 0.1) is 5.92 Å². The van der Waals surface area contributed by atoms with Crippen LogP contribution in [-0.4, -0.2) is 34.9 Å². The highest BCUT2D eigenvalue weighted by Crippen LogP contribution is 2.22. The van der Waals surface area contributed by atoms with Gasteiger partial charge in [0.2, 0.25) is 5.91 Å². The summed E-state index contributed by atoms with van der Waals surface area (Å²) in [6.07, 6.45) is 2.30. The van der Waals surface area contributed by atoms with Crippen LogP contribution in [-0.2, 0) is 4.79 Å². The van der Waals surface area contributed by atoms with Crippen molar-refractivity contribution in [3.63, 3.8) is 0 Å². The Kier molecular flexibility index (Phi) is 5.31. The molecule has 2 rings (SSSR count). The van der Waals surface area contributed by atoms with Crippen molar-refractivity contribution >= 4 is 28.8 Å². The maximum absolute atomic E-state index is 12.2. The summed E-state index contributed by atoms with van der Waals surface area (Å²) in [5.41, 5.74) is 7.08. The topological polar surface area (TPSA) is 58.4 Å². The number of thiocarbonyl (C=S) groups is 1. The molecule has 0 bridgehead atoms. The monoisotopic (exact) mass is 305 g/mol. The maximum atomic E-state index is 12.2. The zero-order chi connectivity index (χ0) is 15.4. The second kappa shape index (κ2) is 7.00. The second-order valence-corrected chi connectivity index (χ2v) is 6.35. The summed E-state index contributed by atoms with van der Waals surface area (Å²) in [4.78, 5) is 14.8. The number of amides is 1. The molecular formula is C16H23N3OS. The molecule has 21 heavy (non-hydrogen) atoms. The number of nitrogens with one attached hydrogen (secondary N) is 1. The Labute approximate surface area is 131 Å². The first-order chi connectivity index (χ1) is 9.97. The van der Waals surface area contributed by atoms with E-state index in [-0.39, 0.29) is 5.91 Å². The standard InChI is InChI=1S/C16H23N3OS/c1-11-7-8-19(12(2)9-11)10-15(20)18-14-6-4-3-5-13(14)16(17)21/h3-6,11-12H,7-10H2,1-2H3,(H2,17,21)(H,18,20). The third-order valence-electron chi connectivity index (χ3n) is 4.09. The molecule has 1 heterocycles. The number of carbonyl (C=O) groups is 1. The largest absolute Gasteiger partial charge is 0.389 e. The summed E-state index contributed by atoms with van der Waals surface area (Å²) in [6.45, 7) is 5.85. The molecule has 1 fully saturated rings. The zero-order valence-corrected chi connectivity index (χ0v) is 13.5. The molecule has 0 radical (unpaired) electrons. The van der Waals surface area contributed by atoms with Crippen molar-refractivity contribution in [2.75, 3.05) is 18.4 Å². The molecule has 1 aliphatic heterocycles. The number of para-hydroxylation sites is 1. The van der Waals surface area contributed by atoms with E-state index in [0.717, 1.165) is 25.3 Å². The Morgan fingerprint density at radius 2 is 2.14 bits per heavy atom. The van der Waals surface area contributed by atoms with Gasteiger partial charge >= 0.3 is 0 Å². The molecule has 4 nitrogen and oxygen atoms in total. The highest BCUT2D eigenvalue weighted by Gasteiger charge is 2.24. The Morgan fingerprint density at radius 3 is 2.81 bits per heavy atom. The number of hydrogen-bond acceptors (Lipinski definition) is 3. The van der Waals surface area contributed by atoms with Crippen LogP contribution in [0.2, 0.25) is 0 Å². The quantitative estimate of drug-likeness (QED) is 0.839. The van der Waals surface area contributed by atoms with Crippen molar-refractivity contribution in [1.29, 1.82) is 0 Å². The number of nitrogens with two attached hydrogens (primary N) is 1. The summed E-state index contributed by atoms with van der Waals surface area (Å²) >= 11 is 5.01. The number of carbonyl (C=O) groups excluding carboxylic acids is 1. The minimum atomic E-state index is -0.0138. The first kappa shape index (κ1) is 15.9. The van der Waals surface area contributed by atoms with E-state index in [1.54, 1.807) is 0 Å². The van der Waals surface area contributed by atoms with E-state index in [1.807, 2.05) is 24.3 Å². The Morgan fingerprint density at radius 1 is 1.43 bits per heavy atom. The Balaban J connectivity index is 1.98. The predicted octanol–water partition coefficient (Wildman–Crippen LogP) is 2.38. The summed E-state index contributed by atoms with van der Waals surface area (Å²) < 4.78 is 0. The van der Waals surface area contributed by atoms with E-state index in [2.05, 4.69) is 24.1 Å². The Bertz CT molecular complexity index is 532. The molecule has 0 aliphatic carbocycles. The van der Waals surface area contributed by atoms with Gasteiger partial charge in [0.1, 0.15) is 4.99 Å². The lowest BCUT2D eigenvalue weighted by Crippen LogP contribution is -2.44. The van der Waals surface area contributed by atoms with Gasteiger partial charge in [-0.05, 0) is 44.4 Å². The number of nitrogens with zero attached hydrogens (tertiary/aromatic N) is 1. The summed E-state index contributed by atoms with van der Waals surface area (Å²) in [5.74, 6) is 0.731. The van der Waals surface area contributed by atoms with Gasteiger partial charge in [0.05, 0.1) is 12.2 Å². The van der Waals surface area contributed by atoms with Crippen molar-refractivity contribution in [2.24, 2.45) is 11.7 Å². The van der Waals surface area contributed by atoms with E-state index in [0.29, 0.717) is 28.8 Å². The lowest BCUT2D eigenvalue weighted by molar-refractivity contribution is -0.118. The molecule has 114 valence electrons. The highest BCUT2D eigenvalue weighted by atomic mass is 32.1. The molecule has 0 spiro atoms. The average molecular weight is 305 g/mol. The van der Waals surface area contributed by atoms with Crippen LogP contribution < -0.4 is 11.1 Å². The molecule has 2 unspecified atom stereocenters. The molecule has 5 heteroatoms. The van der Waals surface area contributed by atoms with Gasteiger partial charge in [-0.1, -0.05) is 31.3 Å².